The van der Waals surface area contributed by atoms with Crippen molar-refractivity contribution in [2.45, 2.75) is 39.3 Å². The summed E-state index contributed by atoms with van der Waals surface area (Å²) in [7, 11) is 0. The molecule has 1 rings (SSSR count). The van der Waals surface area contributed by atoms with Gasteiger partial charge in [0.25, 0.3) is 0 Å². The second-order valence-corrected chi connectivity index (χ2v) is 6.25. The molecular weight excluding hydrogens is 358 g/mol. The summed E-state index contributed by atoms with van der Waals surface area (Å²) < 4.78 is 37.1. The van der Waals surface area contributed by atoms with Gasteiger partial charge in [0.15, 0.2) is 6.04 Å². The van der Waals surface area contributed by atoms with Gasteiger partial charge in [0.2, 0.25) is 11.6 Å². The van der Waals surface area contributed by atoms with E-state index < -0.39 is 58.3 Å². The van der Waals surface area contributed by atoms with Crippen molar-refractivity contribution in [2.24, 2.45) is 0 Å². The number of halogens is 2. The quantitative estimate of drug-likeness (QED) is 0.577. The second-order valence-electron chi connectivity index (χ2n) is 6.25. The second kappa shape index (κ2) is 7.93. The number of aliphatic carboxylic acids is 1. The molecule has 0 bridgehead atoms. The van der Waals surface area contributed by atoms with E-state index in [9.17, 15) is 28.5 Å². The maximum absolute atomic E-state index is 13.7. The normalized spacial score (nSPS) is 12.2. The smallest absolute Gasteiger partial charge is 0.408 e. The summed E-state index contributed by atoms with van der Waals surface area (Å²) in [5, 5.41) is 22.1. The van der Waals surface area contributed by atoms with Gasteiger partial charge in [-0.25, -0.2) is 14.0 Å². The van der Waals surface area contributed by atoms with Crippen LogP contribution >= 0.6 is 0 Å². The molecule has 0 heterocycles. The van der Waals surface area contributed by atoms with Crippen LogP contribution in [0.3, 0.4) is 0 Å². The highest BCUT2D eigenvalue weighted by Crippen LogP contribution is 2.35. The van der Waals surface area contributed by atoms with E-state index >= 15 is 0 Å². The van der Waals surface area contributed by atoms with Crippen LogP contribution in [0.25, 0.3) is 0 Å². The molecule has 2 N–H and O–H groups in total. The third-order valence-corrected chi connectivity index (χ3v) is 2.96. The van der Waals surface area contributed by atoms with E-state index in [1.165, 1.54) is 0 Å². The van der Waals surface area contributed by atoms with Crippen molar-refractivity contribution < 1.29 is 37.9 Å². The summed E-state index contributed by atoms with van der Waals surface area (Å²) in [6.07, 6.45) is -1.06. The highest BCUT2D eigenvalue weighted by molar-refractivity contribution is 5.80. The lowest BCUT2D eigenvalue weighted by atomic mass is 10.1. The first kappa shape index (κ1) is 21.1. The van der Waals surface area contributed by atoms with Crippen molar-refractivity contribution in [2.75, 3.05) is 6.61 Å². The van der Waals surface area contributed by atoms with Gasteiger partial charge < -0.3 is 19.9 Å². The standard InChI is InChI=1S/C15H18F2N2O7/c1-7-8(16)5-9(17)11(19(23)24)12(7)25-6-10(13(20)21)18-14(22)26-15(2,3)4/h5,10H,6H2,1-4H3,(H,18,22)(H,20,21)/t10-/m1/s1. The first-order valence-corrected chi connectivity index (χ1v) is 7.31. The Morgan fingerprint density at radius 2 is 1.92 bits per heavy atom. The van der Waals surface area contributed by atoms with E-state index in [0.717, 1.165) is 6.92 Å². The summed E-state index contributed by atoms with van der Waals surface area (Å²) >= 11 is 0. The largest absolute Gasteiger partial charge is 0.484 e. The highest BCUT2D eigenvalue weighted by Gasteiger charge is 2.30. The third kappa shape index (κ3) is 5.53. The SMILES string of the molecule is Cc1c(F)cc(F)c([N+](=O)[O-])c1OC[C@@H](NC(=O)OC(C)(C)C)C(=O)O. The Morgan fingerprint density at radius 1 is 1.35 bits per heavy atom. The first-order valence-electron chi connectivity index (χ1n) is 7.31. The van der Waals surface area contributed by atoms with Crippen LogP contribution < -0.4 is 10.1 Å². The molecule has 0 radical (unpaired) electrons. The van der Waals surface area contributed by atoms with Gasteiger partial charge in [-0.3, -0.25) is 10.1 Å². The zero-order chi connectivity index (χ0) is 20.2. The van der Waals surface area contributed by atoms with Crippen LogP contribution in [-0.4, -0.2) is 40.3 Å². The van der Waals surface area contributed by atoms with Crippen LogP contribution in [0, 0.1) is 28.7 Å². The number of carboxylic acids is 1. The van der Waals surface area contributed by atoms with Gasteiger partial charge in [0, 0.05) is 11.6 Å². The average Bonchev–Trinajstić information content (AvgIpc) is 2.45. The predicted molar refractivity (Wildman–Crippen MR) is 84.0 cm³/mol. The molecule has 144 valence electrons. The number of rotatable bonds is 6. The van der Waals surface area contributed by atoms with Gasteiger partial charge in [0.05, 0.1) is 4.92 Å². The third-order valence-electron chi connectivity index (χ3n) is 2.96. The van der Waals surface area contributed by atoms with Crippen molar-refractivity contribution in [3.05, 3.63) is 33.4 Å². The lowest BCUT2D eigenvalue weighted by molar-refractivity contribution is -0.388. The zero-order valence-corrected chi connectivity index (χ0v) is 14.5. The van der Waals surface area contributed by atoms with E-state index in [4.69, 9.17) is 14.6 Å². The van der Waals surface area contributed by atoms with Gasteiger partial charge in [-0.15, -0.1) is 0 Å². The molecule has 1 aromatic rings. The lowest BCUT2D eigenvalue weighted by Gasteiger charge is -2.22. The topological polar surface area (TPSA) is 128 Å². The molecule has 1 amide bonds. The average molecular weight is 376 g/mol. The molecule has 0 aliphatic heterocycles. The summed E-state index contributed by atoms with van der Waals surface area (Å²) in [6.45, 7) is 4.95. The Balaban J connectivity index is 3.02. The monoisotopic (exact) mass is 376 g/mol. The molecule has 1 aromatic carbocycles. The molecule has 0 saturated carbocycles. The van der Waals surface area contributed by atoms with E-state index in [2.05, 4.69) is 0 Å². The number of ether oxygens (including phenoxy) is 2. The van der Waals surface area contributed by atoms with Crippen LogP contribution in [0.5, 0.6) is 5.75 Å². The van der Waals surface area contributed by atoms with Crippen molar-refractivity contribution >= 4 is 17.7 Å². The fraction of sp³-hybridized carbons (Fsp3) is 0.467. The van der Waals surface area contributed by atoms with Crippen LogP contribution in [0.1, 0.15) is 26.3 Å². The Hall–Kier alpha value is -2.98. The lowest BCUT2D eigenvalue weighted by Crippen LogP contribution is -2.46. The Labute approximate surface area is 147 Å². The maximum atomic E-state index is 13.7. The number of amides is 1. The van der Waals surface area contributed by atoms with Crippen molar-refractivity contribution in [1.29, 1.82) is 0 Å². The van der Waals surface area contributed by atoms with E-state index in [-0.39, 0.29) is 5.56 Å². The molecule has 11 heteroatoms. The zero-order valence-electron chi connectivity index (χ0n) is 14.5. The molecule has 9 nitrogen and oxygen atoms in total. The molecule has 0 aliphatic carbocycles. The molecule has 0 fully saturated rings. The van der Waals surface area contributed by atoms with Gasteiger partial charge in [-0.1, -0.05) is 0 Å². The van der Waals surface area contributed by atoms with E-state index in [0.29, 0.717) is 6.07 Å². The highest BCUT2D eigenvalue weighted by atomic mass is 19.1. The Kier molecular flexibility index (Phi) is 6.43. The van der Waals surface area contributed by atoms with Crippen LogP contribution in [0.2, 0.25) is 0 Å². The number of nitro benzene ring substituents is 1. The fourth-order valence-electron chi connectivity index (χ4n) is 1.82. The minimum absolute atomic E-state index is 0.327. The van der Waals surface area contributed by atoms with Gasteiger partial charge in [0.1, 0.15) is 18.0 Å². The Bertz CT molecular complexity index is 732. The molecule has 0 unspecified atom stereocenters. The fourth-order valence-corrected chi connectivity index (χ4v) is 1.82. The number of benzene rings is 1. The Morgan fingerprint density at radius 3 is 2.38 bits per heavy atom. The van der Waals surface area contributed by atoms with Gasteiger partial charge in [-0.05, 0) is 27.7 Å². The minimum Gasteiger partial charge on any atom is -0.484 e. The first-order chi connectivity index (χ1) is 11.8. The van der Waals surface area contributed by atoms with Crippen molar-refractivity contribution in [3.8, 4) is 5.75 Å². The summed E-state index contributed by atoms with van der Waals surface area (Å²) in [6, 6.07) is -1.34. The summed E-state index contributed by atoms with van der Waals surface area (Å²) in [5.41, 5.74) is -2.40. The number of carboxylic acid groups (broad SMARTS) is 1. The molecular formula is C15H18F2N2O7. The number of hydrogen-bond acceptors (Lipinski definition) is 6. The molecule has 0 spiro atoms. The minimum atomic E-state index is -1.67. The molecule has 0 aliphatic rings. The number of carbonyl (C=O) groups excluding carboxylic acids is 1. The summed E-state index contributed by atoms with van der Waals surface area (Å²) in [4.78, 5) is 32.7. The van der Waals surface area contributed by atoms with Crippen LogP contribution in [0.4, 0.5) is 19.3 Å². The van der Waals surface area contributed by atoms with Gasteiger partial charge >= 0.3 is 17.7 Å². The maximum Gasteiger partial charge on any atom is 0.408 e. The van der Waals surface area contributed by atoms with Crippen LogP contribution in [0.15, 0.2) is 6.07 Å². The molecule has 1 atom stereocenters. The molecule has 0 saturated heterocycles. The predicted octanol–water partition coefficient (Wildman–Crippen LogP) is 2.54. The number of hydrogen-bond donors (Lipinski definition) is 2. The molecule has 26 heavy (non-hydrogen) atoms. The number of carbonyl (C=O) groups is 2. The van der Waals surface area contributed by atoms with E-state index in [1.807, 2.05) is 5.32 Å². The number of alkyl carbamates (subject to hydrolysis) is 1. The summed E-state index contributed by atoms with van der Waals surface area (Å²) in [5.74, 6) is -4.87. The van der Waals surface area contributed by atoms with Gasteiger partial charge in [-0.2, -0.15) is 4.39 Å². The number of nitrogens with one attached hydrogen (secondary N) is 1. The molecule has 0 aromatic heterocycles. The van der Waals surface area contributed by atoms with Crippen molar-refractivity contribution in [1.82, 2.24) is 5.32 Å². The van der Waals surface area contributed by atoms with Crippen LogP contribution in [-0.2, 0) is 9.53 Å². The van der Waals surface area contributed by atoms with E-state index in [1.54, 1.807) is 20.8 Å². The number of nitro groups is 1. The van der Waals surface area contributed by atoms with Crippen molar-refractivity contribution in [3.63, 3.8) is 0 Å². The number of nitrogens with zero attached hydrogens (tertiary/aromatic N) is 1.